The third kappa shape index (κ3) is 2.08. The molecule has 0 amide bonds. The molecule has 0 aliphatic carbocycles. The van der Waals surface area contributed by atoms with Crippen LogP contribution < -0.4 is 0 Å². The van der Waals surface area contributed by atoms with E-state index >= 15 is 0 Å². The van der Waals surface area contributed by atoms with Gasteiger partial charge in [0.05, 0.1) is 5.33 Å². The molecule has 1 aliphatic heterocycles. The molecule has 1 aliphatic rings. The first-order chi connectivity index (χ1) is 7.24. The highest BCUT2D eigenvalue weighted by Crippen LogP contribution is 2.29. The van der Waals surface area contributed by atoms with Gasteiger partial charge in [0.25, 0.3) is 0 Å². The van der Waals surface area contributed by atoms with Crippen molar-refractivity contribution in [1.82, 2.24) is 14.8 Å². The van der Waals surface area contributed by atoms with Crippen molar-refractivity contribution in [2.24, 2.45) is 0 Å². The van der Waals surface area contributed by atoms with Gasteiger partial charge >= 0.3 is 0 Å². The average molecular weight is 274 g/mol. The smallest absolute Gasteiger partial charge is 0.162 e. The minimum absolute atomic E-state index is 0.146. The molecule has 5 heteroatoms. The Kier molecular flexibility index (Phi) is 3.41. The summed E-state index contributed by atoms with van der Waals surface area (Å²) in [5, 5.41) is 9.18. The van der Waals surface area contributed by atoms with Gasteiger partial charge in [0.1, 0.15) is 11.9 Å². The Bertz CT molecular complexity index is 331. The second kappa shape index (κ2) is 4.61. The summed E-state index contributed by atoms with van der Waals surface area (Å²) >= 11 is 3.43. The molecule has 0 radical (unpaired) electrons. The number of aromatic nitrogens is 3. The molecule has 1 fully saturated rings. The van der Waals surface area contributed by atoms with Crippen LogP contribution in [0.3, 0.4) is 0 Å². The summed E-state index contributed by atoms with van der Waals surface area (Å²) in [6.07, 6.45) is 2.33. The van der Waals surface area contributed by atoms with E-state index in [1.54, 1.807) is 0 Å². The van der Waals surface area contributed by atoms with Crippen LogP contribution in [0.1, 0.15) is 50.5 Å². The van der Waals surface area contributed by atoms with Gasteiger partial charge in [0.15, 0.2) is 5.82 Å². The number of hydrogen-bond donors (Lipinski definition) is 0. The lowest BCUT2D eigenvalue weighted by Crippen LogP contribution is -2.12. The summed E-state index contributed by atoms with van der Waals surface area (Å²) < 4.78 is 7.82. The molecule has 1 atom stereocenters. The van der Waals surface area contributed by atoms with Gasteiger partial charge in [0, 0.05) is 12.6 Å². The zero-order valence-electron chi connectivity index (χ0n) is 9.11. The molecule has 84 valence electrons. The Balaban J connectivity index is 2.33. The fourth-order valence-corrected chi connectivity index (χ4v) is 2.37. The van der Waals surface area contributed by atoms with E-state index in [-0.39, 0.29) is 6.10 Å². The van der Waals surface area contributed by atoms with Gasteiger partial charge < -0.3 is 9.30 Å². The van der Waals surface area contributed by atoms with Crippen LogP contribution >= 0.6 is 15.9 Å². The number of nitrogens with zero attached hydrogens (tertiary/aromatic N) is 3. The van der Waals surface area contributed by atoms with Crippen LogP contribution in [-0.4, -0.2) is 21.4 Å². The zero-order chi connectivity index (χ0) is 10.8. The van der Waals surface area contributed by atoms with Crippen molar-refractivity contribution < 1.29 is 4.74 Å². The normalized spacial score (nSPS) is 21.5. The van der Waals surface area contributed by atoms with Gasteiger partial charge in [-0.2, -0.15) is 0 Å². The highest BCUT2D eigenvalue weighted by atomic mass is 79.9. The van der Waals surface area contributed by atoms with Gasteiger partial charge in [-0.1, -0.05) is 15.9 Å². The van der Waals surface area contributed by atoms with Gasteiger partial charge in [-0.3, -0.25) is 0 Å². The molecule has 0 N–H and O–H groups in total. The summed E-state index contributed by atoms with van der Waals surface area (Å²) in [5.41, 5.74) is 0. The molecule has 1 aromatic heterocycles. The highest BCUT2D eigenvalue weighted by Gasteiger charge is 2.25. The largest absolute Gasteiger partial charge is 0.370 e. The molecule has 2 heterocycles. The predicted octanol–water partition coefficient (Wildman–Crippen LogP) is 2.61. The molecule has 0 spiro atoms. The summed E-state index contributed by atoms with van der Waals surface area (Å²) in [6, 6.07) is 0.381. The number of rotatable bonds is 3. The van der Waals surface area contributed by atoms with E-state index in [0.717, 1.165) is 36.4 Å². The zero-order valence-corrected chi connectivity index (χ0v) is 10.7. The third-order valence-corrected chi connectivity index (χ3v) is 3.15. The summed E-state index contributed by atoms with van der Waals surface area (Å²) in [5.74, 6) is 1.97. The van der Waals surface area contributed by atoms with Gasteiger partial charge in [-0.05, 0) is 26.7 Å². The molecule has 1 unspecified atom stereocenters. The Labute approximate surface area is 98.2 Å². The summed E-state index contributed by atoms with van der Waals surface area (Å²) in [6.45, 7) is 5.14. The summed E-state index contributed by atoms with van der Waals surface area (Å²) in [7, 11) is 0. The second-order valence-corrected chi connectivity index (χ2v) is 4.63. The number of alkyl halides is 1. The van der Waals surface area contributed by atoms with E-state index in [0.29, 0.717) is 6.04 Å². The monoisotopic (exact) mass is 273 g/mol. The first-order valence-corrected chi connectivity index (χ1v) is 6.47. The lowest BCUT2D eigenvalue weighted by molar-refractivity contribution is 0.100. The maximum atomic E-state index is 5.65. The van der Waals surface area contributed by atoms with Crippen LogP contribution in [0.2, 0.25) is 0 Å². The first kappa shape index (κ1) is 11.1. The van der Waals surface area contributed by atoms with Crippen molar-refractivity contribution in [3.63, 3.8) is 0 Å². The molecule has 2 rings (SSSR count). The number of ether oxygens (including phenoxy) is 1. The topological polar surface area (TPSA) is 39.9 Å². The van der Waals surface area contributed by atoms with E-state index in [9.17, 15) is 0 Å². The van der Waals surface area contributed by atoms with Gasteiger partial charge in [-0.15, -0.1) is 10.2 Å². The molecular formula is C10H16BrN3O. The fraction of sp³-hybridized carbons (Fsp3) is 0.800. The van der Waals surface area contributed by atoms with Crippen molar-refractivity contribution in [3.05, 3.63) is 11.6 Å². The molecule has 0 saturated carbocycles. The maximum absolute atomic E-state index is 5.65. The molecule has 15 heavy (non-hydrogen) atoms. The highest BCUT2D eigenvalue weighted by molar-refractivity contribution is 9.08. The standard InChI is InChI=1S/C10H16BrN3O/c1-7(2)14-9(6-11)12-13-10(14)8-4-3-5-15-8/h7-8H,3-6H2,1-2H3. The van der Waals surface area contributed by atoms with Crippen LogP contribution in [0.4, 0.5) is 0 Å². The molecule has 1 saturated heterocycles. The van der Waals surface area contributed by atoms with Crippen molar-refractivity contribution in [2.75, 3.05) is 6.61 Å². The van der Waals surface area contributed by atoms with E-state index < -0.39 is 0 Å². The minimum Gasteiger partial charge on any atom is -0.370 e. The van der Waals surface area contributed by atoms with Crippen molar-refractivity contribution in [3.8, 4) is 0 Å². The van der Waals surface area contributed by atoms with E-state index in [2.05, 4.69) is 44.5 Å². The third-order valence-electron chi connectivity index (χ3n) is 2.65. The minimum atomic E-state index is 0.146. The van der Waals surface area contributed by atoms with E-state index in [1.807, 2.05) is 0 Å². The van der Waals surface area contributed by atoms with Crippen molar-refractivity contribution >= 4 is 15.9 Å². The second-order valence-electron chi connectivity index (χ2n) is 4.07. The fourth-order valence-electron chi connectivity index (χ4n) is 1.99. The Hall–Kier alpha value is -0.420. The first-order valence-electron chi connectivity index (χ1n) is 5.35. The van der Waals surface area contributed by atoms with Crippen LogP contribution in [-0.2, 0) is 10.1 Å². The summed E-state index contributed by atoms with van der Waals surface area (Å²) in [4.78, 5) is 0. The Morgan fingerprint density at radius 2 is 2.33 bits per heavy atom. The van der Waals surface area contributed by atoms with Gasteiger partial charge in [0.2, 0.25) is 0 Å². The van der Waals surface area contributed by atoms with Gasteiger partial charge in [-0.25, -0.2) is 0 Å². The van der Waals surface area contributed by atoms with Crippen LogP contribution in [0.5, 0.6) is 0 Å². The van der Waals surface area contributed by atoms with Crippen molar-refractivity contribution in [2.45, 2.75) is 44.2 Å². The lowest BCUT2D eigenvalue weighted by Gasteiger charge is -2.16. The molecule has 0 bridgehead atoms. The Morgan fingerprint density at radius 3 is 2.87 bits per heavy atom. The number of halogens is 1. The molecule has 0 aromatic carbocycles. The SMILES string of the molecule is CC(C)n1c(CBr)nnc1C1CCCO1. The Morgan fingerprint density at radius 1 is 1.53 bits per heavy atom. The maximum Gasteiger partial charge on any atom is 0.162 e. The molecule has 4 nitrogen and oxygen atoms in total. The van der Waals surface area contributed by atoms with Crippen LogP contribution in [0.25, 0.3) is 0 Å². The van der Waals surface area contributed by atoms with E-state index in [4.69, 9.17) is 4.74 Å². The van der Waals surface area contributed by atoms with Crippen LogP contribution in [0.15, 0.2) is 0 Å². The molecular weight excluding hydrogens is 258 g/mol. The quantitative estimate of drug-likeness (QED) is 0.795. The van der Waals surface area contributed by atoms with E-state index in [1.165, 1.54) is 0 Å². The average Bonchev–Trinajstić information content (AvgIpc) is 2.85. The number of hydrogen-bond acceptors (Lipinski definition) is 3. The lowest BCUT2D eigenvalue weighted by atomic mass is 10.2. The van der Waals surface area contributed by atoms with Crippen LogP contribution in [0, 0.1) is 0 Å². The predicted molar refractivity (Wildman–Crippen MR) is 61.0 cm³/mol. The van der Waals surface area contributed by atoms with Crippen molar-refractivity contribution in [1.29, 1.82) is 0 Å². The molecule has 1 aromatic rings.